The van der Waals surface area contributed by atoms with Crippen LogP contribution in [0.15, 0.2) is 54.6 Å². The van der Waals surface area contributed by atoms with Crippen LogP contribution in [0.4, 0.5) is 5.69 Å². The molecule has 3 heterocycles. The lowest BCUT2D eigenvalue weighted by Crippen LogP contribution is -2.36. The molecular weight excluding hydrogens is 447 g/mol. The van der Waals surface area contributed by atoms with Crippen molar-refractivity contribution in [1.29, 1.82) is 0 Å². The summed E-state index contributed by atoms with van der Waals surface area (Å²) < 4.78 is 5.99. The summed E-state index contributed by atoms with van der Waals surface area (Å²) in [5, 5.41) is 1.14. The maximum absolute atomic E-state index is 12.9. The molecule has 5 nitrogen and oxygen atoms in total. The molecule has 0 N–H and O–H groups in total. The van der Waals surface area contributed by atoms with E-state index in [2.05, 4.69) is 11.0 Å². The van der Waals surface area contributed by atoms with Gasteiger partial charge in [-0.15, -0.1) is 0 Å². The van der Waals surface area contributed by atoms with Gasteiger partial charge in [0, 0.05) is 34.6 Å². The number of hydrogen-bond acceptors (Lipinski definition) is 4. The predicted molar refractivity (Wildman–Crippen MR) is 124 cm³/mol. The summed E-state index contributed by atoms with van der Waals surface area (Å²) in [6.07, 6.45) is 0. The van der Waals surface area contributed by atoms with Gasteiger partial charge in [0.05, 0.1) is 23.4 Å². The fraction of sp³-hybridized carbons (Fsp3) is 0.200. The van der Waals surface area contributed by atoms with E-state index in [1.807, 2.05) is 18.2 Å². The molecule has 0 spiro atoms. The van der Waals surface area contributed by atoms with E-state index in [9.17, 15) is 9.59 Å². The second-order valence-electron chi connectivity index (χ2n) is 8.29. The molecule has 0 aromatic heterocycles. The molecule has 7 heteroatoms. The number of hydrogen-bond donors (Lipinski definition) is 0. The lowest BCUT2D eigenvalue weighted by molar-refractivity contribution is 0.0646. The van der Waals surface area contributed by atoms with Crippen LogP contribution in [0.25, 0.3) is 11.1 Å². The van der Waals surface area contributed by atoms with Crippen LogP contribution in [-0.2, 0) is 0 Å². The Hall–Kier alpha value is -3.02. The number of amides is 2. The van der Waals surface area contributed by atoms with Crippen molar-refractivity contribution in [1.82, 2.24) is 4.90 Å². The van der Waals surface area contributed by atoms with Gasteiger partial charge < -0.3 is 9.64 Å². The number of anilines is 1. The van der Waals surface area contributed by atoms with Crippen molar-refractivity contribution >= 4 is 40.7 Å². The first-order valence-corrected chi connectivity index (χ1v) is 11.2. The highest BCUT2D eigenvalue weighted by molar-refractivity contribution is 6.36. The summed E-state index contributed by atoms with van der Waals surface area (Å²) in [5.74, 6) is 0.334. The van der Waals surface area contributed by atoms with Crippen LogP contribution in [0.5, 0.6) is 5.75 Å². The Morgan fingerprint density at radius 1 is 0.938 bits per heavy atom. The van der Waals surface area contributed by atoms with Crippen LogP contribution in [0, 0.1) is 0 Å². The first kappa shape index (κ1) is 19.6. The predicted octanol–water partition coefficient (Wildman–Crippen LogP) is 5.25. The molecule has 0 saturated heterocycles. The Bertz CT molecular complexity index is 1270. The number of imide groups is 1. The molecule has 3 aromatic carbocycles. The number of nitrogens with zero attached hydrogens (tertiary/aromatic N) is 2. The molecule has 0 saturated carbocycles. The molecule has 0 aliphatic carbocycles. The van der Waals surface area contributed by atoms with E-state index in [1.165, 1.54) is 4.90 Å². The van der Waals surface area contributed by atoms with Gasteiger partial charge in [-0.1, -0.05) is 41.4 Å². The summed E-state index contributed by atoms with van der Waals surface area (Å²) in [5.41, 5.74) is 4.86. The van der Waals surface area contributed by atoms with Crippen LogP contribution in [0.3, 0.4) is 0 Å². The molecule has 0 fully saturated rings. The van der Waals surface area contributed by atoms with Crippen molar-refractivity contribution in [3.8, 4) is 16.9 Å². The van der Waals surface area contributed by atoms with E-state index in [4.69, 9.17) is 27.9 Å². The Balaban J connectivity index is 1.40. The first-order valence-electron chi connectivity index (χ1n) is 10.5. The third-order valence-corrected chi connectivity index (χ3v) is 6.99. The molecule has 0 radical (unpaired) electrons. The summed E-state index contributed by atoms with van der Waals surface area (Å²) in [6.45, 7) is 2.42. The monoisotopic (exact) mass is 464 g/mol. The fourth-order valence-corrected chi connectivity index (χ4v) is 5.49. The van der Waals surface area contributed by atoms with Gasteiger partial charge in [-0.3, -0.25) is 14.5 Å². The lowest BCUT2D eigenvalue weighted by atomic mass is 9.95. The number of benzene rings is 3. The van der Waals surface area contributed by atoms with Gasteiger partial charge >= 0.3 is 0 Å². The van der Waals surface area contributed by atoms with E-state index in [1.54, 1.807) is 30.3 Å². The van der Waals surface area contributed by atoms with Crippen LogP contribution in [0.2, 0.25) is 10.0 Å². The molecule has 1 atom stereocenters. The maximum atomic E-state index is 12.9. The zero-order valence-corrected chi connectivity index (χ0v) is 18.5. The molecule has 2 amide bonds. The van der Waals surface area contributed by atoms with Gasteiger partial charge in [-0.2, -0.15) is 0 Å². The number of carbonyl (C=O) groups excluding carboxylic acids is 2. The molecule has 3 aliphatic heterocycles. The van der Waals surface area contributed by atoms with E-state index in [0.717, 1.165) is 41.2 Å². The lowest BCUT2D eigenvalue weighted by Gasteiger charge is -2.27. The highest BCUT2D eigenvalue weighted by Crippen LogP contribution is 2.48. The minimum Gasteiger partial charge on any atom is -0.490 e. The minimum absolute atomic E-state index is 0.0151. The molecular formula is C25H18Cl2N2O3. The number of ether oxygens (including phenoxy) is 1. The molecule has 6 rings (SSSR count). The maximum Gasteiger partial charge on any atom is 0.261 e. The third-order valence-electron chi connectivity index (χ3n) is 6.44. The average Bonchev–Trinajstić information content (AvgIpc) is 3.26. The number of halogens is 2. The molecule has 3 aromatic rings. The summed E-state index contributed by atoms with van der Waals surface area (Å²) in [4.78, 5) is 29.5. The van der Waals surface area contributed by atoms with E-state index >= 15 is 0 Å². The number of rotatable bonds is 3. The zero-order valence-electron chi connectivity index (χ0n) is 17.0. The van der Waals surface area contributed by atoms with Gasteiger partial charge in [-0.05, 0) is 47.5 Å². The van der Waals surface area contributed by atoms with E-state index < -0.39 is 0 Å². The second-order valence-corrected chi connectivity index (χ2v) is 9.14. The van der Waals surface area contributed by atoms with Crippen molar-refractivity contribution < 1.29 is 14.3 Å². The number of fused-ring (bicyclic) bond motifs is 1. The van der Waals surface area contributed by atoms with Crippen LogP contribution < -0.4 is 9.64 Å². The number of carbonyl (C=O) groups is 2. The van der Waals surface area contributed by atoms with Crippen molar-refractivity contribution in [3.05, 3.63) is 81.3 Å². The Morgan fingerprint density at radius 3 is 2.41 bits per heavy atom. The molecule has 1 unspecified atom stereocenters. The van der Waals surface area contributed by atoms with Crippen molar-refractivity contribution in [3.63, 3.8) is 0 Å². The molecule has 0 bridgehead atoms. The van der Waals surface area contributed by atoms with Crippen LogP contribution >= 0.6 is 23.2 Å². The van der Waals surface area contributed by atoms with Crippen molar-refractivity contribution in [2.75, 3.05) is 31.1 Å². The van der Waals surface area contributed by atoms with Crippen molar-refractivity contribution in [2.45, 2.75) is 5.92 Å². The summed E-state index contributed by atoms with van der Waals surface area (Å²) in [6, 6.07) is 16.5. The normalized spacial score (nSPS) is 18.6. The van der Waals surface area contributed by atoms with Gasteiger partial charge in [-0.25, -0.2) is 0 Å². The third kappa shape index (κ3) is 2.92. The van der Waals surface area contributed by atoms with Gasteiger partial charge in [0.2, 0.25) is 0 Å². The van der Waals surface area contributed by atoms with E-state index in [-0.39, 0.29) is 17.7 Å². The average molecular weight is 465 g/mol. The summed E-state index contributed by atoms with van der Waals surface area (Å²) in [7, 11) is 0. The zero-order chi connectivity index (χ0) is 22.0. The second kappa shape index (κ2) is 7.26. The highest BCUT2D eigenvalue weighted by atomic mass is 35.5. The largest absolute Gasteiger partial charge is 0.490 e. The van der Waals surface area contributed by atoms with E-state index in [0.29, 0.717) is 34.3 Å². The Kier molecular flexibility index (Phi) is 4.46. The Labute approximate surface area is 195 Å². The molecule has 3 aliphatic rings. The first-order chi connectivity index (χ1) is 15.5. The highest BCUT2D eigenvalue weighted by Gasteiger charge is 2.41. The van der Waals surface area contributed by atoms with Gasteiger partial charge in [0.25, 0.3) is 11.8 Å². The Morgan fingerprint density at radius 2 is 1.69 bits per heavy atom. The molecule has 32 heavy (non-hydrogen) atoms. The topological polar surface area (TPSA) is 49.9 Å². The molecule has 160 valence electrons. The quantitative estimate of drug-likeness (QED) is 0.496. The van der Waals surface area contributed by atoms with Crippen molar-refractivity contribution in [2.24, 2.45) is 0 Å². The fourth-order valence-electron chi connectivity index (χ4n) is 4.97. The smallest absolute Gasteiger partial charge is 0.261 e. The SMILES string of the molecule is O=C1c2ccccc2C(=O)N1CC1CN2CCOc3cc(-c4ccc(Cl)cc4Cl)cc1c32. The van der Waals surface area contributed by atoms with Crippen LogP contribution in [0.1, 0.15) is 32.2 Å². The van der Waals surface area contributed by atoms with Gasteiger partial charge in [0.15, 0.2) is 0 Å². The van der Waals surface area contributed by atoms with Crippen LogP contribution in [-0.4, -0.2) is 43.0 Å². The minimum atomic E-state index is -0.228. The summed E-state index contributed by atoms with van der Waals surface area (Å²) >= 11 is 12.6. The standard InChI is InChI=1S/C25H18Cl2N2O3/c26-16-5-6-17(21(27)11-16)14-9-20-15(12-28-7-8-32-22(10-14)23(20)28)13-29-24(30)18-3-1-2-4-19(18)25(29)31/h1-6,9-11,15H,7-8,12-13H2. The van der Waals surface area contributed by atoms with Gasteiger partial charge in [0.1, 0.15) is 12.4 Å².